The van der Waals surface area contributed by atoms with E-state index in [0.717, 1.165) is 4.90 Å². The van der Waals surface area contributed by atoms with E-state index >= 15 is 0 Å². The SMILES string of the molecule is Cc1cc2c(I)csc2cc1S. The molecule has 0 saturated carbocycles. The molecule has 0 spiro atoms. The Morgan fingerprint density at radius 3 is 2.92 bits per heavy atom. The summed E-state index contributed by atoms with van der Waals surface area (Å²) in [6.07, 6.45) is 0. The number of thiophene rings is 1. The van der Waals surface area contributed by atoms with E-state index < -0.39 is 0 Å². The van der Waals surface area contributed by atoms with Gasteiger partial charge >= 0.3 is 0 Å². The Bertz CT molecular complexity index is 431. The van der Waals surface area contributed by atoms with Crippen molar-refractivity contribution in [1.29, 1.82) is 0 Å². The van der Waals surface area contributed by atoms with Crippen molar-refractivity contribution in [1.82, 2.24) is 0 Å². The highest BCUT2D eigenvalue weighted by molar-refractivity contribution is 14.1. The van der Waals surface area contributed by atoms with Crippen molar-refractivity contribution in [3.63, 3.8) is 0 Å². The summed E-state index contributed by atoms with van der Waals surface area (Å²) in [6.45, 7) is 2.09. The Hall–Kier alpha value is 0.260. The van der Waals surface area contributed by atoms with Gasteiger partial charge in [0.15, 0.2) is 0 Å². The molecule has 0 saturated heterocycles. The fourth-order valence-corrected chi connectivity index (χ4v) is 3.27. The quantitative estimate of drug-likeness (QED) is 0.550. The summed E-state index contributed by atoms with van der Waals surface area (Å²) in [7, 11) is 0. The standard InChI is InChI=1S/C9H7IS2/c1-5-2-6-7(10)4-12-9(6)3-8(5)11/h2-4,11H,1H3. The predicted octanol–water partition coefficient (Wildman–Crippen LogP) is 4.10. The minimum atomic E-state index is 1.08. The van der Waals surface area contributed by atoms with Gasteiger partial charge < -0.3 is 0 Å². The molecule has 0 N–H and O–H groups in total. The van der Waals surface area contributed by atoms with Crippen LogP contribution in [0.4, 0.5) is 0 Å². The molecule has 1 heterocycles. The van der Waals surface area contributed by atoms with Crippen LogP contribution in [0.15, 0.2) is 22.4 Å². The van der Waals surface area contributed by atoms with E-state index in [1.807, 2.05) is 0 Å². The molecule has 1 aromatic carbocycles. The molecular weight excluding hydrogens is 299 g/mol. The molecule has 0 amide bonds. The van der Waals surface area contributed by atoms with Crippen LogP contribution in [0, 0.1) is 10.5 Å². The van der Waals surface area contributed by atoms with Crippen LogP contribution in [0.1, 0.15) is 5.56 Å². The highest BCUT2D eigenvalue weighted by Crippen LogP contribution is 2.30. The zero-order valence-corrected chi connectivity index (χ0v) is 10.3. The zero-order valence-electron chi connectivity index (χ0n) is 6.47. The third-order valence-corrected chi connectivity index (χ3v) is 4.59. The van der Waals surface area contributed by atoms with Crippen LogP contribution < -0.4 is 0 Å². The molecule has 0 bridgehead atoms. The summed E-state index contributed by atoms with van der Waals surface area (Å²) in [6, 6.07) is 4.34. The lowest BCUT2D eigenvalue weighted by Crippen LogP contribution is -1.75. The van der Waals surface area contributed by atoms with Gasteiger partial charge in [0.1, 0.15) is 0 Å². The van der Waals surface area contributed by atoms with Crippen molar-refractivity contribution in [3.05, 3.63) is 26.6 Å². The monoisotopic (exact) mass is 306 g/mol. The first kappa shape index (κ1) is 8.84. The molecule has 1 aromatic heterocycles. The number of hydrogen-bond acceptors (Lipinski definition) is 2. The molecule has 2 rings (SSSR count). The highest BCUT2D eigenvalue weighted by atomic mass is 127. The number of fused-ring (bicyclic) bond motifs is 1. The van der Waals surface area contributed by atoms with Crippen molar-refractivity contribution in [2.24, 2.45) is 0 Å². The maximum absolute atomic E-state index is 4.39. The lowest BCUT2D eigenvalue weighted by molar-refractivity contribution is 1.34. The zero-order chi connectivity index (χ0) is 8.72. The van der Waals surface area contributed by atoms with E-state index in [2.05, 4.69) is 59.7 Å². The minimum absolute atomic E-state index is 1.08. The van der Waals surface area contributed by atoms with Gasteiger partial charge in [0.05, 0.1) is 0 Å². The van der Waals surface area contributed by atoms with Crippen molar-refractivity contribution in [2.45, 2.75) is 11.8 Å². The van der Waals surface area contributed by atoms with Crippen LogP contribution in [-0.4, -0.2) is 0 Å². The Kier molecular flexibility index (Phi) is 2.35. The summed E-state index contributed by atoms with van der Waals surface area (Å²) in [5.41, 5.74) is 1.25. The van der Waals surface area contributed by atoms with Gasteiger partial charge in [0, 0.05) is 23.9 Å². The molecule has 0 nitrogen and oxygen atoms in total. The Morgan fingerprint density at radius 2 is 2.17 bits per heavy atom. The predicted molar refractivity (Wildman–Crippen MR) is 66.5 cm³/mol. The average molecular weight is 306 g/mol. The smallest absolute Gasteiger partial charge is 0.0364 e. The fourth-order valence-electron chi connectivity index (χ4n) is 1.14. The number of halogens is 1. The number of aryl methyl sites for hydroxylation is 1. The Labute approximate surface area is 94.5 Å². The summed E-state index contributed by atoms with van der Waals surface area (Å²) in [4.78, 5) is 1.08. The summed E-state index contributed by atoms with van der Waals surface area (Å²) >= 11 is 8.53. The molecule has 0 atom stereocenters. The van der Waals surface area contributed by atoms with Crippen LogP contribution >= 0.6 is 46.6 Å². The first-order valence-electron chi connectivity index (χ1n) is 3.55. The van der Waals surface area contributed by atoms with E-state index in [1.165, 1.54) is 19.2 Å². The minimum Gasteiger partial charge on any atom is -0.143 e. The maximum atomic E-state index is 4.39. The molecule has 62 valence electrons. The largest absolute Gasteiger partial charge is 0.143 e. The third-order valence-electron chi connectivity index (χ3n) is 1.84. The van der Waals surface area contributed by atoms with Crippen LogP contribution in [0.3, 0.4) is 0 Å². The van der Waals surface area contributed by atoms with Crippen LogP contribution in [0.25, 0.3) is 10.1 Å². The van der Waals surface area contributed by atoms with Gasteiger partial charge in [-0.25, -0.2) is 0 Å². The van der Waals surface area contributed by atoms with Gasteiger partial charge in [-0.15, -0.1) is 24.0 Å². The molecule has 0 fully saturated rings. The van der Waals surface area contributed by atoms with Gasteiger partial charge in [0.25, 0.3) is 0 Å². The summed E-state index contributed by atoms with van der Waals surface area (Å²) < 4.78 is 2.67. The van der Waals surface area contributed by atoms with Gasteiger partial charge in [-0.3, -0.25) is 0 Å². The van der Waals surface area contributed by atoms with E-state index in [4.69, 9.17) is 0 Å². The second-order valence-corrected chi connectivity index (χ2v) is 5.27. The third kappa shape index (κ3) is 1.38. The fraction of sp³-hybridized carbons (Fsp3) is 0.111. The molecule has 0 aliphatic carbocycles. The topological polar surface area (TPSA) is 0 Å². The number of thiol groups is 1. The van der Waals surface area contributed by atoms with E-state index in [-0.39, 0.29) is 0 Å². The summed E-state index contributed by atoms with van der Waals surface area (Å²) in [5, 5.41) is 3.54. The van der Waals surface area contributed by atoms with Gasteiger partial charge in [-0.05, 0) is 47.2 Å². The first-order chi connectivity index (χ1) is 5.68. The van der Waals surface area contributed by atoms with E-state index in [9.17, 15) is 0 Å². The Morgan fingerprint density at radius 1 is 1.42 bits per heavy atom. The average Bonchev–Trinajstić information content (AvgIpc) is 2.35. The lowest BCUT2D eigenvalue weighted by atomic mass is 10.2. The molecule has 3 heteroatoms. The van der Waals surface area contributed by atoms with Crippen LogP contribution in [0.2, 0.25) is 0 Å². The van der Waals surface area contributed by atoms with Crippen LogP contribution in [0.5, 0.6) is 0 Å². The molecule has 0 unspecified atom stereocenters. The lowest BCUT2D eigenvalue weighted by Gasteiger charge is -1.98. The molecular formula is C9H7IS2. The number of rotatable bonds is 0. The van der Waals surface area contributed by atoms with Crippen molar-refractivity contribution in [3.8, 4) is 0 Å². The molecule has 12 heavy (non-hydrogen) atoms. The second kappa shape index (κ2) is 3.20. The number of hydrogen-bond donors (Lipinski definition) is 1. The molecule has 2 aromatic rings. The molecule has 0 aliphatic heterocycles. The van der Waals surface area contributed by atoms with Crippen molar-refractivity contribution in [2.75, 3.05) is 0 Å². The van der Waals surface area contributed by atoms with E-state index in [1.54, 1.807) is 11.3 Å². The maximum Gasteiger partial charge on any atom is 0.0364 e. The first-order valence-corrected chi connectivity index (χ1v) is 5.95. The van der Waals surface area contributed by atoms with Crippen LogP contribution in [-0.2, 0) is 0 Å². The second-order valence-electron chi connectivity index (χ2n) is 2.72. The summed E-state index contributed by atoms with van der Waals surface area (Å²) in [5.74, 6) is 0. The molecule has 0 radical (unpaired) electrons. The Balaban J connectivity index is 2.87. The highest BCUT2D eigenvalue weighted by Gasteiger charge is 2.03. The van der Waals surface area contributed by atoms with E-state index in [0.29, 0.717) is 0 Å². The van der Waals surface area contributed by atoms with Crippen molar-refractivity contribution < 1.29 is 0 Å². The van der Waals surface area contributed by atoms with Gasteiger partial charge in [-0.2, -0.15) is 0 Å². The van der Waals surface area contributed by atoms with Gasteiger partial charge in [0.2, 0.25) is 0 Å². The molecule has 0 aliphatic rings. The normalized spacial score (nSPS) is 10.9. The van der Waals surface area contributed by atoms with Gasteiger partial charge in [-0.1, -0.05) is 0 Å². The number of benzene rings is 1. The van der Waals surface area contributed by atoms with Crippen molar-refractivity contribution >= 4 is 56.6 Å².